The maximum atomic E-state index is 13.2. The van der Waals surface area contributed by atoms with Crippen LogP contribution in [0, 0.1) is 5.82 Å². The van der Waals surface area contributed by atoms with Crippen LogP contribution in [0.25, 0.3) is 16.7 Å². The van der Waals surface area contributed by atoms with E-state index in [0.29, 0.717) is 24.1 Å². The summed E-state index contributed by atoms with van der Waals surface area (Å²) in [5.41, 5.74) is 4.18. The van der Waals surface area contributed by atoms with E-state index < -0.39 is 6.10 Å². The highest BCUT2D eigenvalue weighted by atomic mass is 19.1. The lowest BCUT2D eigenvalue weighted by Gasteiger charge is -2.27. The molecule has 32 heavy (non-hydrogen) atoms. The topological polar surface area (TPSA) is 58.4 Å². The molecule has 0 bridgehead atoms. The molecule has 3 aromatic carbocycles. The molecule has 1 amide bonds. The second-order valence-electron chi connectivity index (χ2n) is 8.25. The summed E-state index contributed by atoms with van der Waals surface area (Å²) in [4.78, 5) is 19.5. The molecule has 5 nitrogen and oxygen atoms in total. The van der Waals surface area contributed by atoms with Gasteiger partial charge in [-0.2, -0.15) is 0 Å². The van der Waals surface area contributed by atoms with Gasteiger partial charge in [-0.05, 0) is 73.4 Å². The Morgan fingerprint density at radius 3 is 2.59 bits per heavy atom. The van der Waals surface area contributed by atoms with Crippen molar-refractivity contribution in [3.8, 4) is 5.69 Å². The van der Waals surface area contributed by atoms with Crippen molar-refractivity contribution in [2.24, 2.45) is 0 Å². The van der Waals surface area contributed by atoms with E-state index in [1.807, 2.05) is 58.0 Å². The van der Waals surface area contributed by atoms with Crippen LogP contribution in [0.2, 0.25) is 0 Å². The largest absolute Gasteiger partial charge is 0.388 e. The number of nitrogens with zero attached hydrogens (tertiary/aromatic N) is 3. The fourth-order valence-corrected chi connectivity index (χ4v) is 4.52. The summed E-state index contributed by atoms with van der Waals surface area (Å²) < 4.78 is 15.2. The zero-order chi connectivity index (χ0) is 22.1. The standard InChI is InChI=1S/C26H24FN3O2/c27-20-11-7-18(8-12-20)25(31)16-22-4-3-15-29(22)26(32)19-9-13-21(14-10-19)30-17-28-23-5-1-2-6-24(23)30/h1-2,5-14,17,22,25,31H,3-4,15-16H2. The van der Waals surface area contributed by atoms with E-state index in [-0.39, 0.29) is 17.8 Å². The van der Waals surface area contributed by atoms with Crippen molar-refractivity contribution in [2.75, 3.05) is 6.54 Å². The molecular weight excluding hydrogens is 405 g/mol. The van der Waals surface area contributed by atoms with Gasteiger partial charge in [-0.3, -0.25) is 9.36 Å². The first-order chi connectivity index (χ1) is 15.6. The molecule has 2 unspecified atom stereocenters. The predicted octanol–water partition coefficient (Wildman–Crippen LogP) is 4.89. The monoisotopic (exact) mass is 429 g/mol. The van der Waals surface area contributed by atoms with Gasteiger partial charge in [0.1, 0.15) is 12.1 Å². The number of carbonyl (C=O) groups excluding carboxylic acids is 1. The number of aromatic nitrogens is 2. The summed E-state index contributed by atoms with van der Waals surface area (Å²) in [6.45, 7) is 0.674. The minimum absolute atomic E-state index is 0.0270. The van der Waals surface area contributed by atoms with Gasteiger partial charge in [-0.1, -0.05) is 24.3 Å². The van der Waals surface area contributed by atoms with Gasteiger partial charge >= 0.3 is 0 Å². The first-order valence-corrected chi connectivity index (χ1v) is 10.9. The van der Waals surface area contributed by atoms with Crippen LogP contribution in [-0.2, 0) is 0 Å². The molecule has 162 valence electrons. The molecule has 0 radical (unpaired) electrons. The van der Waals surface area contributed by atoms with E-state index in [4.69, 9.17) is 0 Å². The highest BCUT2D eigenvalue weighted by Gasteiger charge is 2.31. The molecule has 2 atom stereocenters. The Labute approximate surface area is 185 Å². The summed E-state index contributed by atoms with van der Waals surface area (Å²) in [7, 11) is 0. The molecule has 1 aliphatic rings. The number of benzene rings is 3. The highest BCUT2D eigenvalue weighted by molar-refractivity contribution is 5.95. The summed E-state index contributed by atoms with van der Waals surface area (Å²) in [6.07, 6.45) is 3.26. The van der Waals surface area contributed by atoms with Gasteiger partial charge in [-0.25, -0.2) is 9.37 Å². The summed E-state index contributed by atoms with van der Waals surface area (Å²) in [5, 5.41) is 10.6. The first kappa shape index (κ1) is 20.4. The maximum absolute atomic E-state index is 13.2. The molecular formula is C26H24FN3O2. The highest BCUT2D eigenvalue weighted by Crippen LogP contribution is 2.29. The molecule has 1 aliphatic heterocycles. The molecule has 1 N–H and O–H groups in total. The van der Waals surface area contributed by atoms with E-state index >= 15 is 0 Å². The SMILES string of the molecule is O=C(c1ccc(-n2cnc3ccccc32)cc1)N1CCCC1CC(O)c1ccc(F)cc1. The van der Waals surface area contributed by atoms with E-state index in [2.05, 4.69) is 4.98 Å². The third-order valence-electron chi connectivity index (χ3n) is 6.23. The molecule has 1 aromatic heterocycles. The number of halogens is 1. The van der Waals surface area contributed by atoms with Crippen LogP contribution in [0.4, 0.5) is 4.39 Å². The number of likely N-dealkylation sites (tertiary alicyclic amines) is 1. The van der Waals surface area contributed by atoms with Crippen LogP contribution in [0.1, 0.15) is 41.3 Å². The molecule has 0 saturated carbocycles. The number of hydrogen-bond acceptors (Lipinski definition) is 3. The van der Waals surface area contributed by atoms with Gasteiger partial charge in [0.15, 0.2) is 0 Å². The van der Waals surface area contributed by atoms with Gasteiger partial charge in [-0.15, -0.1) is 0 Å². The lowest BCUT2D eigenvalue weighted by molar-refractivity contribution is 0.0667. The number of carbonyl (C=O) groups is 1. The summed E-state index contributed by atoms with van der Waals surface area (Å²) >= 11 is 0. The number of aliphatic hydroxyl groups excluding tert-OH is 1. The molecule has 2 heterocycles. The Morgan fingerprint density at radius 1 is 1.06 bits per heavy atom. The Kier molecular flexibility index (Phi) is 5.45. The molecule has 6 heteroatoms. The zero-order valence-corrected chi connectivity index (χ0v) is 17.6. The van der Waals surface area contributed by atoms with Crippen LogP contribution in [0.5, 0.6) is 0 Å². The number of aliphatic hydroxyl groups is 1. The van der Waals surface area contributed by atoms with Crippen LogP contribution < -0.4 is 0 Å². The minimum Gasteiger partial charge on any atom is -0.388 e. The second kappa shape index (κ2) is 8.55. The Hall–Kier alpha value is -3.51. The third kappa shape index (κ3) is 3.89. The van der Waals surface area contributed by atoms with E-state index in [0.717, 1.165) is 29.6 Å². The summed E-state index contributed by atoms with van der Waals surface area (Å²) in [5.74, 6) is -0.355. The zero-order valence-electron chi connectivity index (χ0n) is 17.6. The van der Waals surface area contributed by atoms with Gasteiger partial charge in [0.25, 0.3) is 5.91 Å². The van der Waals surface area contributed by atoms with Crippen molar-refractivity contribution in [3.63, 3.8) is 0 Å². The van der Waals surface area contributed by atoms with Crippen molar-refractivity contribution in [1.82, 2.24) is 14.5 Å². The normalized spacial score (nSPS) is 17.1. The number of para-hydroxylation sites is 2. The fourth-order valence-electron chi connectivity index (χ4n) is 4.52. The van der Waals surface area contributed by atoms with Gasteiger partial charge < -0.3 is 10.0 Å². The Morgan fingerprint density at radius 2 is 1.81 bits per heavy atom. The van der Waals surface area contributed by atoms with Crippen LogP contribution in [0.15, 0.2) is 79.1 Å². The predicted molar refractivity (Wildman–Crippen MR) is 121 cm³/mol. The smallest absolute Gasteiger partial charge is 0.254 e. The van der Waals surface area contributed by atoms with Gasteiger partial charge in [0, 0.05) is 23.8 Å². The van der Waals surface area contributed by atoms with Gasteiger partial charge in [0.05, 0.1) is 17.1 Å². The average molecular weight is 429 g/mol. The number of amides is 1. The number of hydrogen-bond donors (Lipinski definition) is 1. The summed E-state index contributed by atoms with van der Waals surface area (Å²) in [6, 6.07) is 21.3. The lowest BCUT2D eigenvalue weighted by atomic mass is 10.00. The first-order valence-electron chi connectivity index (χ1n) is 10.9. The lowest BCUT2D eigenvalue weighted by Crippen LogP contribution is -2.36. The van der Waals surface area contributed by atoms with Crippen LogP contribution in [0.3, 0.4) is 0 Å². The minimum atomic E-state index is -0.731. The number of fused-ring (bicyclic) bond motifs is 1. The second-order valence-corrected chi connectivity index (χ2v) is 8.25. The van der Waals surface area contributed by atoms with Crippen LogP contribution >= 0.6 is 0 Å². The average Bonchev–Trinajstić information content (AvgIpc) is 3.46. The van der Waals surface area contributed by atoms with E-state index in [9.17, 15) is 14.3 Å². The van der Waals surface area contributed by atoms with Crippen molar-refractivity contribution in [2.45, 2.75) is 31.4 Å². The van der Waals surface area contributed by atoms with Crippen LogP contribution in [-0.4, -0.2) is 38.1 Å². The van der Waals surface area contributed by atoms with E-state index in [1.54, 1.807) is 18.5 Å². The Bertz CT molecular complexity index is 1230. The Balaban J connectivity index is 1.31. The van der Waals surface area contributed by atoms with Crippen molar-refractivity contribution in [3.05, 3.63) is 96.1 Å². The number of imidazole rings is 1. The van der Waals surface area contributed by atoms with Crippen molar-refractivity contribution >= 4 is 16.9 Å². The molecule has 5 rings (SSSR count). The molecule has 0 aliphatic carbocycles. The fraction of sp³-hybridized carbons (Fsp3) is 0.231. The third-order valence-corrected chi connectivity index (χ3v) is 6.23. The van der Waals surface area contributed by atoms with Crippen molar-refractivity contribution in [1.29, 1.82) is 0 Å². The molecule has 1 saturated heterocycles. The molecule has 1 fully saturated rings. The quantitative estimate of drug-likeness (QED) is 0.491. The number of rotatable bonds is 5. The maximum Gasteiger partial charge on any atom is 0.254 e. The van der Waals surface area contributed by atoms with E-state index in [1.165, 1.54) is 12.1 Å². The van der Waals surface area contributed by atoms with Crippen molar-refractivity contribution < 1.29 is 14.3 Å². The molecule has 0 spiro atoms. The molecule has 4 aromatic rings. The van der Waals surface area contributed by atoms with Gasteiger partial charge in [0.2, 0.25) is 0 Å².